The van der Waals surface area contributed by atoms with Gasteiger partial charge in [-0.15, -0.1) is 5.10 Å². The molecule has 23 heavy (non-hydrogen) atoms. The third-order valence-corrected chi connectivity index (χ3v) is 3.97. The molecule has 3 heterocycles. The average Bonchev–Trinajstić information content (AvgIpc) is 3.16. The predicted molar refractivity (Wildman–Crippen MR) is 79.9 cm³/mol. The van der Waals surface area contributed by atoms with Gasteiger partial charge in [-0.2, -0.15) is 0 Å². The zero-order chi connectivity index (χ0) is 16.4. The fourth-order valence-corrected chi connectivity index (χ4v) is 2.54. The number of pyridine rings is 1. The monoisotopic (exact) mass is 318 g/mol. The fraction of sp³-hybridized carbons (Fsp3) is 0.500. The Hall–Kier alpha value is -2.71. The Kier molecular flexibility index (Phi) is 4.09. The molecular weight excluding hydrogens is 300 g/mol. The average molecular weight is 318 g/mol. The molecule has 9 heteroatoms. The molecule has 1 fully saturated rings. The van der Waals surface area contributed by atoms with E-state index in [0.717, 1.165) is 12.1 Å². The van der Waals surface area contributed by atoms with Crippen molar-refractivity contribution in [2.24, 2.45) is 7.05 Å². The molecule has 0 aromatic carbocycles. The first-order valence-corrected chi connectivity index (χ1v) is 7.36. The third-order valence-electron chi connectivity index (χ3n) is 3.97. The van der Waals surface area contributed by atoms with E-state index >= 15 is 0 Å². The minimum Gasteiger partial charge on any atom is -0.488 e. The lowest BCUT2D eigenvalue weighted by Crippen LogP contribution is -2.33. The Morgan fingerprint density at radius 3 is 2.96 bits per heavy atom. The number of rotatable bonds is 4. The number of amides is 1. The van der Waals surface area contributed by atoms with Gasteiger partial charge in [0.25, 0.3) is 5.56 Å². The summed E-state index contributed by atoms with van der Waals surface area (Å²) in [5, 5.41) is 10.7. The molecule has 0 bridgehead atoms. The van der Waals surface area contributed by atoms with E-state index in [2.05, 4.69) is 15.5 Å². The lowest BCUT2D eigenvalue weighted by atomic mass is 10.3. The van der Waals surface area contributed by atoms with Gasteiger partial charge in [0.2, 0.25) is 5.91 Å². The smallest absolute Gasteiger partial charge is 0.254 e. The number of aryl methyl sites for hydroxylation is 1. The maximum Gasteiger partial charge on any atom is 0.254 e. The summed E-state index contributed by atoms with van der Waals surface area (Å²) in [6, 6.07) is 3.30. The highest BCUT2D eigenvalue weighted by Crippen LogP contribution is 2.18. The van der Waals surface area contributed by atoms with Crippen molar-refractivity contribution in [3.63, 3.8) is 0 Å². The molecule has 0 N–H and O–H groups in total. The summed E-state index contributed by atoms with van der Waals surface area (Å²) in [6.45, 7) is 3.08. The van der Waals surface area contributed by atoms with Crippen LogP contribution in [0.1, 0.15) is 12.1 Å². The standard InChI is InChI=1S/C14H18N6O3/c1-10-5-12(6-13(21)18(10)2)23-11-3-4-19(7-11)14(22)8-20-9-15-16-17-20/h5-6,9,11H,3-4,7-8H2,1-2H3. The number of ether oxygens (including phenoxy) is 1. The second-order valence-corrected chi connectivity index (χ2v) is 5.61. The molecule has 0 spiro atoms. The molecule has 9 nitrogen and oxygen atoms in total. The number of likely N-dealkylation sites (tertiary alicyclic amines) is 1. The molecule has 2 aromatic heterocycles. The van der Waals surface area contributed by atoms with E-state index in [4.69, 9.17) is 4.74 Å². The summed E-state index contributed by atoms with van der Waals surface area (Å²) < 4.78 is 8.80. The van der Waals surface area contributed by atoms with Gasteiger partial charge in [-0.25, -0.2) is 4.68 Å². The van der Waals surface area contributed by atoms with E-state index in [9.17, 15) is 9.59 Å². The number of hydrogen-bond acceptors (Lipinski definition) is 6. The molecule has 3 rings (SSSR count). The second kappa shape index (κ2) is 6.19. The normalized spacial score (nSPS) is 17.5. The van der Waals surface area contributed by atoms with Crippen LogP contribution in [0.15, 0.2) is 23.3 Å². The van der Waals surface area contributed by atoms with Crippen molar-refractivity contribution in [1.82, 2.24) is 29.7 Å². The number of carbonyl (C=O) groups excluding carboxylic acids is 1. The van der Waals surface area contributed by atoms with Crippen LogP contribution in [0.25, 0.3) is 0 Å². The molecule has 1 aliphatic heterocycles. The van der Waals surface area contributed by atoms with Gasteiger partial charge < -0.3 is 14.2 Å². The summed E-state index contributed by atoms with van der Waals surface area (Å²) in [5.41, 5.74) is 0.724. The van der Waals surface area contributed by atoms with Gasteiger partial charge in [0, 0.05) is 31.8 Å². The van der Waals surface area contributed by atoms with Crippen molar-refractivity contribution in [3.8, 4) is 5.75 Å². The molecular formula is C14H18N6O3. The summed E-state index contributed by atoms with van der Waals surface area (Å²) in [4.78, 5) is 25.7. The van der Waals surface area contributed by atoms with Gasteiger partial charge in [0.1, 0.15) is 24.7 Å². The van der Waals surface area contributed by atoms with Crippen LogP contribution < -0.4 is 10.3 Å². The molecule has 1 saturated heterocycles. The summed E-state index contributed by atoms with van der Waals surface area (Å²) in [7, 11) is 1.72. The highest BCUT2D eigenvalue weighted by atomic mass is 16.5. The number of tetrazole rings is 1. The largest absolute Gasteiger partial charge is 0.488 e. The number of nitrogens with zero attached hydrogens (tertiary/aromatic N) is 6. The maximum absolute atomic E-state index is 12.2. The van der Waals surface area contributed by atoms with E-state index in [1.54, 1.807) is 16.5 Å². The molecule has 0 radical (unpaired) electrons. The number of aromatic nitrogens is 5. The molecule has 1 atom stereocenters. The van der Waals surface area contributed by atoms with E-state index in [1.165, 1.54) is 17.1 Å². The minimum atomic E-state index is -0.112. The van der Waals surface area contributed by atoms with Gasteiger partial charge >= 0.3 is 0 Å². The topological polar surface area (TPSA) is 95.1 Å². The van der Waals surface area contributed by atoms with Crippen molar-refractivity contribution >= 4 is 5.91 Å². The lowest BCUT2D eigenvalue weighted by molar-refractivity contribution is -0.131. The number of carbonyl (C=O) groups is 1. The number of hydrogen-bond donors (Lipinski definition) is 0. The highest BCUT2D eigenvalue weighted by molar-refractivity contribution is 5.76. The second-order valence-electron chi connectivity index (χ2n) is 5.61. The van der Waals surface area contributed by atoms with Crippen molar-refractivity contribution in [3.05, 3.63) is 34.5 Å². The molecule has 1 unspecified atom stereocenters. The molecule has 0 saturated carbocycles. The zero-order valence-electron chi connectivity index (χ0n) is 13.0. The molecule has 1 amide bonds. The Morgan fingerprint density at radius 2 is 2.26 bits per heavy atom. The summed E-state index contributed by atoms with van der Waals surface area (Å²) >= 11 is 0. The predicted octanol–water partition coefficient (Wildman–Crippen LogP) is -0.640. The van der Waals surface area contributed by atoms with Gasteiger partial charge in [-0.1, -0.05) is 0 Å². The van der Waals surface area contributed by atoms with Crippen LogP contribution in [0.4, 0.5) is 0 Å². The van der Waals surface area contributed by atoms with Crippen molar-refractivity contribution in [2.75, 3.05) is 13.1 Å². The van der Waals surface area contributed by atoms with Gasteiger partial charge in [-0.3, -0.25) is 9.59 Å². The van der Waals surface area contributed by atoms with Crippen LogP contribution >= 0.6 is 0 Å². The Labute approximate surface area is 132 Å². The van der Waals surface area contributed by atoms with E-state index in [1.807, 2.05) is 13.0 Å². The van der Waals surface area contributed by atoms with Gasteiger partial charge in [-0.05, 0) is 23.4 Å². The Bertz CT molecular complexity index is 754. The lowest BCUT2D eigenvalue weighted by Gasteiger charge is -2.17. The highest BCUT2D eigenvalue weighted by Gasteiger charge is 2.28. The van der Waals surface area contributed by atoms with Gasteiger partial charge in [0.15, 0.2) is 0 Å². The fourth-order valence-electron chi connectivity index (χ4n) is 2.54. The van der Waals surface area contributed by atoms with Crippen LogP contribution in [0.5, 0.6) is 5.75 Å². The quantitative estimate of drug-likeness (QED) is 0.744. The summed E-state index contributed by atoms with van der Waals surface area (Å²) in [6.07, 6.45) is 2.03. The first-order chi connectivity index (χ1) is 11.0. The SMILES string of the molecule is Cc1cc(OC2CCN(C(=O)Cn3cnnn3)C2)cc(=O)n1C. The van der Waals surface area contributed by atoms with Crippen LogP contribution in [-0.4, -0.2) is 54.8 Å². The van der Waals surface area contributed by atoms with Crippen molar-refractivity contribution in [1.29, 1.82) is 0 Å². The van der Waals surface area contributed by atoms with Gasteiger partial charge in [0.05, 0.1) is 6.54 Å². The van der Waals surface area contributed by atoms with Crippen LogP contribution in [-0.2, 0) is 18.4 Å². The molecule has 2 aromatic rings. The first kappa shape index (κ1) is 15.2. The Morgan fingerprint density at radius 1 is 1.43 bits per heavy atom. The summed E-state index contributed by atoms with van der Waals surface area (Å²) in [5.74, 6) is 0.494. The van der Waals surface area contributed by atoms with Crippen LogP contribution in [0.3, 0.4) is 0 Å². The van der Waals surface area contributed by atoms with E-state index in [-0.39, 0.29) is 24.1 Å². The Balaban J connectivity index is 1.59. The maximum atomic E-state index is 12.2. The molecule has 0 aliphatic carbocycles. The van der Waals surface area contributed by atoms with Crippen molar-refractivity contribution < 1.29 is 9.53 Å². The third kappa shape index (κ3) is 3.38. The van der Waals surface area contributed by atoms with E-state index in [0.29, 0.717) is 18.8 Å². The molecule has 122 valence electrons. The zero-order valence-corrected chi connectivity index (χ0v) is 13.0. The van der Waals surface area contributed by atoms with Crippen molar-refractivity contribution in [2.45, 2.75) is 26.0 Å². The molecule has 1 aliphatic rings. The minimum absolute atomic E-state index is 0.0523. The van der Waals surface area contributed by atoms with E-state index < -0.39 is 0 Å². The van der Waals surface area contributed by atoms with Crippen LogP contribution in [0, 0.1) is 6.92 Å². The first-order valence-electron chi connectivity index (χ1n) is 7.36. The van der Waals surface area contributed by atoms with Crippen LogP contribution in [0.2, 0.25) is 0 Å².